The maximum absolute atomic E-state index is 10.3. The van der Waals surface area contributed by atoms with Gasteiger partial charge in [-0.2, -0.15) is 0 Å². The molecule has 0 bridgehead atoms. The molecule has 15 heavy (non-hydrogen) atoms. The predicted molar refractivity (Wildman–Crippen MR) is 63.2 cm³/mol. The van der Waals surface area contributed by atoms with E-state index in [1.165, 1.54) is 5.56 Å². The Morgan fingerprint density at radius 3 is 2.53 bits per heavy atom. The van der Waals surface area contributed by atoms with E-state index in [4.69, 9.17) is 11.6 Å². The van der Waals surface area contributed by atoms with Crippen molar-refractivity contribution in [2.24, 2.45) is 0 Å². The van der Waals surface area contributed by atoms with Crippen LogP contribution in [0.3, 0.4) is 0 Å². The molecule has 1 aromatic rings. The molecule has 0 aliphatic heterocycles. The molecule has 0 saturated carbocycles. The van der Waals surface area contributed by atoms with Crippen LogP contribution in [0.4, 0.5) is 0 Å². The van der Waals surface area contributed by atoms with Gasteiger partial charge in [0.15, 0.2) is 0 Å². The number of halogens is 1. The molecule has 0 saturated heterocycles. The van der Waals surface area contributed by atoms with Crippen molar-refractivity contribution in [3.8, 4) is 0 Å². The Bertz CT molecular complexity index is 310. The molecule has 0 aliphatic carbocycles. The lowest BCUT2D eigenvalue weighted by atomic mass is 10.1. The Hall–Kier alpha value is -0.860. The first-order valence-corrected chi connectivity index (χ1v) is 5.42. The van der Waals surface area contributed by atoms with Gasteiger partial charge >= 0.3 is 0 Å². The standard InChI is InChI=1S/C12H16ClNO/c1-10(14(2)8-3-9-15)11-4-6-12(13)7-5-11/h4-7,9-10H,3,8H2,1-2H3. The molecule has 0 aromatic heterocycles. The van der Waals surface area contributed by atoms with E-state index < -0.39 is 0 Å². The highest BCUT2D eigenvalue weighted by Gasteiger charge is 2.10. The van der Waals surface area contributed by atoms with Crippen LogP contribution in [0.25, 0.3) is 0 Å². The summed E-state index contributed by atoms with van der Waals surface area (Å²) in [5.74, 6) is 0. The van der Waals surface area contributed by atoms with E-state index in [2.05, 4.69) is 11.8 Å². The van der Waals surface area contributed by atoms with Gasteiger partial charge in [0.1, 0.15) is 6.29 Å². The molecule has 0 amide bonds. The maximum atomic E-state index is 10.3. The van der Waals surface area contributed by atoms with Crippen LogP contribution in [-0.4, -0.2) is 24.8 Å². The number of carbonyl (C=O) groups excluding carboxylic acids is 1. The van der Waals surface area contributed by atoms with Crippen molar-refractivity contribution in [3.63, 3.8) is 0 Å². The van der Waals surface area contributed by atoms with Crippen LogP contribution in [0.15, 0.2) is 24.3 Å². The summed E-state index contributed by atoms with van der Waals surface area (Å²) in [6, 6.07) is 8.12. The third-order valence-corrected chi connectivity index (χ3v) is 2.87. The number of nitrogens with zero attached hydrogens (tertiary/aromatic N) is 1. The van der Waals surface area contributed by atoms with Gasteiger partial charge in [-0.3, -0.25) is 4.90 Å². The molecule has 3 heteroatoms. The van der Waals surface area contributed by atoms with E-state index in [0.29, 0.717) is 12.5 Å². The minimum atomic E-state index is 0.308. The van der Waals surface area contributed by atoms with Gasteiger partial charge in [-0.05, 0) is 31.7 Å². The van der Waals surface area contributed by atoms with Gasteiger partial charge in [0.05, 0.1) is 0 Å². The molecule has 0 radical (unpaired) electrons. The van der Waals surface area contributed by atoms with Gasteiger partial charge in [0, 0.05) is 24.0 Å². The molecule has 0 spiro atoms. The molecule has 2 nitrogen and oxygen atoms in total. The number of carbonyl (C=O) groups is 1. The van der Waals surface area contributed by atoms with E-state index in [1.54, 1.807) is 0 Å². The largest absolute Gasteiger partial charge is 0.303 e. The van der Waals surface area contributed by atoms with Crippen LogP contribution >= 0.6 is 11.6 Å². The normalized spacial score (nSPS) is 12.8. The second-order valence-electron chi connectivity index (χ2n) is 3.66. The van der Waals surface area contributed by atoms with Crippen LogP contribution in [-0.2, 0) is 4.79 Å². The first kappa shape index (κ1) is 12.2. The van der Waals surface area contributed by atoms with Gasteiger partial charge < -0.3 is 4.79 Å². The fourth-order valence-corrected chi connectivity index (χ4v) is 1.57. The summed E-state index contributed by atoms with van der Waals surface area (Å²) < 4.78 is 0. The van der Waals surface area contributed by atoms with Gasteiger partial charge in [0.25, 0.3) is 0 Å². The monoisotopic (exact) mass is 225 g/mol. The van der Waals surface area contributed by atoms with Crippen molar-refractivity contribution in [1.82, 2.24) is 4.90 Å². The predicted octanol–water partition coefficient (Wildman–Crippen LogP) is 2.92. The average Bonchev–Trinajstić information content (AvgIpc) is 2.26. The molecule has 1 atom stereocenters. The summed E-state index contributed by atoms with van der Waals surface area (Å²) >= 11 is 5.82. The van der Waals surface area contributed by atoms with Crippen LogP contribution in [0, 0.1) is 0 Å². The van der Waals surface area contributed by atoms with E-state index in [0.717, 1.165) is 17.9 Å². The Kier molecular flexibility index (Phi) is 4.79. The summed E-state index contributed by atoms with van der Waals surface area (Å²) in [4.78, 5) is 12.4. The van der Waals surface area contributed by atoms with Crippen LogP contribution < -0.4 is 0 Å². The molecule has 82 valence electrons. The fraction of sp³-hybridized carbons (Fsp3) is 0.417. The highest BCUT2D eigenvalue weighted by atomic mass is 35.5. The third-order valence-electron chi connectivity index (χ3n) is 2.61. The SMILES string of the molecule is CC(c1ccc(Cl)cc1)N(C)CCC=O. The number of rotatable bonds is 5. The zero-order valence-electron chi connectivity index (χ0n) is 9.11. The number of aldehydes is 1. The third kappa shape index (κ3) is 3.65. The first-order valence-electron chi connectivity index (χ1n) is 5.04. The van der Waals surface area contributed by atoms with E-state index >= 15 is 0 Å². The van der Waals surface area contributed by atoms with Crippen LogP contribution in [0.1, 0.15) is 24.9 Å². The Balaban J connectivity index is 2.62. The minimum absolute atomic E-state index is 0.308. The Morgan fingerprint density at radius 1 is 1.40 bits per heavy atom. The maximum Gasteiger partial charge on any atom is 0.121 e. The highest BCUT2D eigenvalue weighted by molar-refractivity contribution is 6.30. The molecule has 0 fully saturated rings. The Labute approximate surface area is 95.8 Å². The van der Waals surface area contributed by atoms with Crippen molar-refractivity contribution < 1.29 is 4.79 Å². The second-order valence-corrected chi connectivity index (χ2v) is 4.10. The zero-order chi connectivity index (χ0) is 11.3. The van der Waals surface area contributed by atoms with Gasteiger partial charge in [0.2, 0.25) is 0 Å². The van der Waals surface area contributed by atoms with Crippen LogP contribution in [0.2, 0.25) is 5.02 Å². The van der Waals surface area contributed by atoms with Gasteiger partial charge in [-0.15, -0.1) is 0 Å². The molecule has 0 heterocycles. The second kappa shape index (κ2) is 5.89. The number of hydrogen-bond donors (Lipinski definition) is 0. The van der Waals surface area contributed by atoms with Gasteiger partial charge in [-0.25, -0.2) is 0 Å². The van der Waals surface area contributed by atoms with Crippen molar-refractivity contribution in [2.45, 2.75) is 19.4 Å². The molecule has 1 aromatic carbocycles. The van der Waals surface area contributed by atoms with E-state index in [9.17, 15) is 4.79 Å². The topological polar surface area (TPSA) is 20.3 Å². The van der Waals surface area contributed by atoms with Crippen LogP contribution in [0.5, 0.6) is 0 Å². The van der Waals surface area contributed by atoms with Gasteiger partial charge in [-0.1, -0.05) is 23.7 Å². The summed E-state index contributed by atoms with van der Waals surface area (Å²) in [5, 5.41) is 0.751. The first-order chi connectivity index (χ1) is 7.15. The van der Waals surface area contributed by atoms with E-state index in [-0.39, 0.29) is 0 Å². The smallest absolute Gasteiger partial charge is 0.121 e. The summed E-state index contributed by atoms with van der Waals surface area (Å²) in [5.41, 5.74) is 1.22. The average molecular weight is 226 g/mol. The summed E-state index contributed by atoms with van der Waals surface area (Å²) in [6.45, 7) is 2.90. The van der Waals surface area contributed by atoms with Crippen molar-refractivity contribution in [1.29, 1.82) is 0 Å². The van der Waals surface area contributed by atoms with Crippen molar-refractivity contribution in [2.75, 3.05) is 13.6 Å². The quantitative estimate of drug-likeness (QED) is 0.719. The Morgan fingerprint density at radius 2 is 2.00 bits per heavy atom. The zero-order valence-corrected chi connectivity index (χ0v) is 9.87. The number of benzene rings is 1. The highest BCUT2D eigenvalue weighted by Crippen LogP contribution is 2.20. The molecule has 0 N–H and O–H groups in total. The molecule has 0 aliphatic rings. The fourth-order valence-electron chi connectivity index (χ4n) is 1.45. The lowest BCUT2D eigenvalue weighted by molar-refractivity contribution is -0.108. The molecule has 1 unspecified atom stereocenters. The van der Waals surface area contributed by atoms with E-state index in [1.807, 2.05) is 31.3 Å². The van der Waals surface area contributed by atoms with Crippen molar-refractivity contribution >= 4 is 17.9 Å². The summed E-state index contributed by atoms with van der Waals surface area (Å²) in [6.07, 6.45) is 1.53. The minimum Gasteiger partial charge on any atom is -0.303 e. The molecule has 1 rings (SSSR count). The van der Waals surface area contributed by atoms with Crippen molar-refractivity contribution in [3.05, 3.63) is 34.9 Å². The lowest BCUT2D eigenvalue weighted by Gasteiger charge is -2.24. The molecular formula is C12H16ClNO. The lowest BCUT2D eigenvalue weighted by Crippen LogP contribution is -2.23. The summed E-state index contributed by atoms with van der Waals surface area (Å²) in [7, 11) is 2.02. The number of hydrogen-bond acceptors (Lipinski definition) is 2. The molecular weight excluding hydrogens is 210 g/mol.